The maximum Gasteiger partial charge on any atom is 0.252 e. The minimum atomic E-state index is -3.54. The predicted octanol–water partition coefficient (Wildman–Crippen LogP) is 2.00. The average molecular weight is 405 g/mol. The zero-order chi connectivity index (χ0) is 17.0. The normalized spacial score (nSPS) is 17.2. The first kappa shape index (κ1) is 18.4. The van der Waals surface area contributed by atoms with E-state index in [1.54, 1.807) is 13.2 Å². The number of hydrogen-bond donors (Lipinski definition) is 1. The van der Waals surface area contributed by atoms with Crippen LogP contribution in [0.3, 0.4) is 0 Å². The Morgan fingerprint density at radius 1 is 1.39 bits per heavy atom. The summed E-state index contributed by atoms with van der Waals surface area (Å²) in [4.78, 5) is 12.5. The fourth-order valence-electron chi connectivity index (χ4n) is 2.51. The lowest BCUT2D eigenvalue weighted by Gasteiger charge is -2.17. The lowest BCUT2D eigenvalue weighted by molar-refractivity contribution is 0.0904. The molecule has 1 aliphatic heterocycles. The van der Waals surface area contributed by atoms with E-state index in [0.29, 0.717) is 29.7 Å². The fraction of sp³-hybridized carbons (Fsp3) is 0.533. The van der Waals surface area contributed by atoms with Crippen LogP contribution in [0.1, 0.15) is 30.1 Å². The molecule has 0 saturated carbocycles. The molecule has 1 aliphatic rings. The number of benzene rings is 1. The summed E-state index contributed by atoms with van der Waals surface area (Å²) >= 11 is 3.31. The van der Waals surface area contributed by atoms with Gasteiger partial charge in [-0.25, -0.2) is 8.42 Å². The van der Waals surface area contributed by atoms with Crippen LogP contribution in [-0.4, -0.2) is 51.5 Å². The number of hydrogen-bond acceptors (Lipinski definition) is 4. The van der Waals surface area contributed by atoms with Crippen molar-refractivity contribution in [3.05, 3.63) is 28.2 Å². The second-order valence-corrected chi connectivity index (χ2v) is 8.37. The van der Waals surface area contributed by atoms with E-state index in [2.05, 4.69) is 21.2 Å². The van der Waals surface area contributed by atoms with E-state index in [1.165, 1.54) is 16.4 Å². The zero-order valence-electron chi connectivity index (χ0n) is 13.2. The van der Waals surface area contributed by atoms with Crippen molar-refractivity contribution in [1.29, 1.82) is 0 Å². The lowest BCUT2D eigenvalue weighted by atomic mass is 10.2. The Kier molecular flexibility index (Phi) is 6.19. The highest BCUT2D eigenvalue weighted by Crippen LogP contribution is 2.25. The van der Waals surface area contributed by atoms with Crippen molar-refractivity contribution < 1.29 is 17.9 Å². The molecule has 128 valence electrons. The zero-order valence-corrected chi connectivity index (χ0v) is 15.6. The fourth-order valence-corrected chi connectivity index (χ4v) is 4.48. The van der Waals surface area contributed by atoms with Crippen LogP contribution in [0.5, 0.6) is 0 Å². The van der Waals surface area contributed by atoms with Gasteiger partial charge in [-0.05, 0) is 53.9 Å². The summed E-state index contributed by atoms with van der Waals surface area (Å²) < 4.78 is 32.2. The van der Waals surface area contributed by atoms with Crippen molar-refractivity contribution in [3.63, 3.8) is 0 Å². The SMILES string of the molecule is COCC(C)NC(=O)c1cc(S(=O)(=O)N2CCCC2)ccc1Br. The van der Waals surface area contributed by atoms with Crippen molar-refractivity contribution in [2.75, 3.05) is 26.8 Å². The van der Waals surface area contributed by atoms with Gasteiger partial charge in [-0.2, -0.15) is 4.31 Å². The molecule has 1 aromatic rings. The van der Waals surface area contributed by atoms with Gasteiger partial charge in [0.25, 0.3) is 5.91 Å². The molecule has 0 radical (unpaired) electrons. The van der Waals surface area contributed by atoms with E-state index in [1.807, 2.05) is 6.92 Å². The summed E-state index contributed by atoms with van der Waals surface area (Å²) in [5, 5.41) is 2.78. The van der Waals surface area contributed by atoms with Gasteiger partial charge in [-0.3, -0.25) is 4.79 Å². The number of ether oxygens (including phenoxy) is 1. The molecule has 1 fully saturated rings. The van der Waals surface area contributed by atoms with E-state index >= 15 is 0 Å². The molecule has 0 bridgehead atoms. The summed E-state index contributed by atoms with van der Waals surface area (Å²) in [7, 11) is -1.99. The van der Waals surface area contributed by atoms with E-state index in [9.17, 15) is 13.2 Å². The average Bonchev–Trinajstić information content (AvgIpc) is 3.02. The summed E-state index contributed by atoms with van der Waals surface area (Å²) in [6.45, 7) is 3.27. The number of amides is 1. The van der Waals surface area contributed by atoms with Crippen LogP contribution in [0.25, 0.3) is 0 Å². The Labute approximate surface area is 145 Å². The molecule has 1 N–H and O–H groups in total. The van der Waals surface area contributed by atoms with E-state index in [4.69, 9.17) is 4.74 Å². The maximum absolute atomic E-state index is 12.6. The lowest BCUT2D eigenvalue weighted by Crippen LogP contribution is -2.36. The molecule has 0 aromatic heterocycles. The highest BCUT2D eigenvalue weighted by molar-refractivity contribution is 9.10. The summed E-state index contributed by atoms with van der Waals surface area (Å²) in [6, 6.07) is 4.37. The molecule has 6 nitrogen and oxygen atoms in total. The van der Waals surface area contributed by atoms with Crippen molar-refractivity contribution in [2.45, 2.75) is 30.7 Å². The largest absolute Gasteiger partial charge is 0.383 e. The van der Waals surface area contributed by atoms with E-state index in [0.717, 1.165) is 12.8 Å². The van der Waals surface area contributed by atoms with E-state index < -0.39 is 10.0 Å². The molecule has 1 saturated heterocycles. The number of sulfonamides is 1. The maximum atomic E-state index is 12.6. The molecule has 2 rings (SSSR count). The van der Waals surface area contributed by atoms with Crippen molar-refractivity contribution >= 4 is 31.9 Å². The quantitative estimate of drug-likeness (QED) is 0.786. The van der Waals surface area contributed by atoms with Crippen LogP contribution >= 0.6 is 15.9 Å². The molecular formula is C15H21BrN2O4S. The third kappa shape index (κ3) is 4.32. The van der Waals surface area contributed by atoms with E-state index in [-0.39, 0.29) is 16.8 Å². The molecule has 0 spiro atoms. The van der Waals surface area contributed by atoms with Crippen LogP contribution in [0.2, 0.25) is 0 Å². The van der Waals surface area contributed by atoms with Crippen LogP contribution in [0, 0.1) is 0 Å². The Morgan fingerprint density at radius 3 is 2.65 bits per heavy atom. The molecule has 8 heteroatoms. The molecular weight excluding hydrogens is 384 g/mol. The van der Waals surface area contributed by atoms with Crippen LogP contribution in [-0.2, 0) is 14.8 Å². The Hall–Kier alpha value is -0.960. The van der Waals surface area contributed by atoms with Gasteiger partial charge >= 0.3 is 0 Å². The Bertz CT molecular complexity index is 672. The minimum Gasteiger partial charge on any atom is -0.383 e. The topological polar surface area (TPSA) is 75.7 Å². The third-order valence-electron chi connectivity index (χ3n) is 3.68. The number of nitrogens with one attached hydrogen (secondary N) is 1. The van der Waals surface area contributed by atoms with Gasteiger partial charge in [-0.15, -0.1) is 0 Å². The van der Waals surface area contributed by atoms with Crippen molar-refractivity contribution in [2.24, 2.45) is 0 Å². The third-order valence-corrected chi connectivity index (χ3v) is 6.27. The smallest absolute Gasteiger partial charge is 0.252 e. The molecule has 23 heavy (non-hydrogen) atoms. The van der Waals surface area contributed by atoms with Gasteiger partial charge in [-0.1, -0.05) is 0 Å². The van der Waals surface area contributed by atoms with Gasteiger partial charge in [0, 0.05) is 30.7 Å². The molecule has 1 atom stereocenters. The minimum absolute atomic E-state index is 0.146. The highest BCUT2D eigenvalue weighted by Gasteiger charge is 2.28. The Balaban J connectivity index is 2.26. The van der Waals surface area contributed by atoms with Gasteiger partial charge in [0.2, 0.25) is 10.0 Å². The van der Waals surface area contributed by atoms with Crippen LogP contribution in [0.4, 0.5) is 0 Å². The molecule has 1 unspecified atom stereocenters. The number of carbonyl (C=O) groups excluding carboxylic acids is 1. The first-order valence-corrected chi connectivity index (χ1v) is 9.69. The summed E-state index contributed by atoms with van der Waals surface area (Å²) in [5.74, 6) is -0.333. The second-order valence-electron chi connectivity index (χ2n) is 5.58. The standard InChI is InChI=1S/C15H21BrN2O4S/c1-11(10-22-2)17-15(19)13-9-12(5-6-14(13)16)23(20,21)18-7-3-4-8-18/h5-6,9,11H,3-4,7-8,10H2,1-2H3,(H,17,19). The van der Waals surface area contributed by atoms with Crippen LogP contribution < -0.4 is 5.32 Å². The number of rotatable bonds is 6. The monoisotopic (exact) mass is 404 g/mol. The number of nitrogens with zero attached hydrogens (tertiary/aromatic N) is 1. The predicted molar refractivity (Wildman–Crippen MR) is 90.9 cm³/mol. The first-order valence-electron chi connectivity index (χ1n) is 7.45. The van der Waals surface area contributed by atoms with Gasteiger partial charge in [0.15, 0.2) is 0 Å². The van der Waals surface area contributed by atoms with Gasteiger partial charge in [0.05, 0.1) is 17.1 Å². The number of methoxy groups -OCH3 is 1. The molecule has 1 amide bonds. The van der Waals surface area contributed by atoms with Crippen LogP contribution in [0.15, 0.2) is 27.6 Å². The molecule has 0 aliphatic carbocycles. The van der Waals surface area contributed by atoms with Crippen molar-refractivity contribution in [3.8, 4) is 0 Å². The second kappa shape index (κ2) is 7.74. The first-order chi connectivity index (χ1) is 10.9. The summed E-state index contributed by atoms with van der Waals surface area (Å²) in [6.07, 6.45) is 1.75. The highest BCUT2D eigenvalue weighted by atomic mass is 79.9. The number of halogens is 1. The summed E-state index contributed by atoms with van der Waals surface area (Å²) in [5.41, 5.74) is 0.299. The molecule has 1 aromatic carbocycles. The number of carbonyl (C=O) groups is 1. The van der Waals surface area contributed by atoms with Gasteiger partial charge in [0.1, 0.15) is 0 Å². The molecule has 1 heterocycles. The Morgan fingerprint density at radius 2 is 2.04 bits per heavy atom. The van der Waals surface area contributed by atoms with Gasteiger partial charge < -0.3 is 10.1 Å². The van der Waals surface area contributed by atoms with Crippen molar-refractivity contribution in [1.82, 2.24) is 9.62 Å².